The molecule has 37 heavy (non-hydrogen) atoms. The van der Waals surface area contributed by atoms with Gasteiger partial charge in [-0.25, -0.2) is 0 Å². The molecule has 2 aliphatic rings. The molecule has 3 aromatic rings. The second-order valence-electron chi connectivity index (χ2n) is 8.07. The van der Waals surface area contributed by atoms with Crippen molar-refractivity contribution in [1.29, 1.82) is 0 Å². The molecule has 0 fully saturated rings. The molecule has 8 nitrogen and oxygen atoms in total. The molecule has 5 rings (SSSR count). The Balaban J connectivity index is 0.00000190. The first-order valence-electron chi connectivity index (χ1n) is 11.3. The summed E-state index contributed by atoms with van der Waals surface area (Å²) in [5.41, 5.74) is 4.19. The minimum Gasteiger partial charge on any atom is -0.368 e. The van der Waals surface area contributed by atoms with E-state index in [1.54, 1.807) is 18.2 Å². The van der Waals surface area contributed by atoms with E-state index in [4.69, 9.17) is 0 Å². The van der Waals surface area contributed by atoms with Gasteiger partial charge in [-0.05, 0) is 82.7 Å². The first kappa shape index (κ1) is 28.2. The maximum atomic E-state index is 12.8. The number of amidine groups is 2. The lowest BCUT2D eigenvalue weighted by molar-refractivity contribution is 0.101. The van der Waals surface area contributed by atoms with Gasteiger partial charge in [-0.1, -0.05) is 0 Å². The molecule has 2 heterocycles. The quantitative estimate of drug-likeness (QED) is 0.333. The predicted octanol–water partition coefficient (Wildman–Crippen LogP) is 4.50. The third-order valence-electron chi connectivity index (χ3n) is 5.66. The highest BCUT2D eigenvalue weighted by Crippen LogP contribution is 2.22. The van der Waals surface area contributed by atoms with Gasteiger partial charge in [0.05, 0.1) is 18.7 Å². The minimum absolute atomic E-state index is 0. The largest absolute Gasteiger partial charge is 0.368 e. The van der Waals surface area contributed by atoms with Gasteiger partial charge < -0.3 is 21.3 Å². The van der Waals surface area contributed by atoms with E-state index in [2.05, 4.69) is 47.2 Å². The molecule has 0 saturated heterocycles. The predicted molar refractivity (Wildman–Crippen MR) is 156 cm³/mol. The third-order valence-corrected chi connectivity index (χ3v) is 6.31. The lowest BCUT2D eigenvalue weighted by Crippen LogP contribution is -2.19. The Kier molecular flexibility index (Phi) is 9.68. The van der Waals surface area contributed by atoms with Crippen LogP contribution in [0.5, 0.6) is 0 Å². The molecule has 0 radical (unpaired) electrons. The Labute approximate surface area is 235 Å². The molecule has 192 valence electrons. The average Bonchev–Trinajstić information content (AvgIpc) is 3.60. The summed E-state index contributed by atoms with van der Waals surface area (Å²) in [7, 11) is 0. The van der Waals surface area contributed by atoms with Crippen LogP contribution in [-0.2, 0) is 0 Å². The number of hydrogen-bond acceptors (Lipinski definition) is 6. The number of carbonyl (C=O) groups excluding carboxylic acids is 2. The molecule has 0 aliphatic carbocycles. The van der Waals surface area contributed by atoms with Crippen LogP contribution in [-0.4, -0.2) is 49.7 Å². The van der Waals surface area contributed by atoms with E-state index in [0.717, 1.165) is 49.0 Å². The molecule has 0 aromatic heterocycles. The number of benzene rings is 3. The van der Waals surface area contributed by atoms with Gasteiger partial charge in [0.1, 0.15) is 11.7 Å². The number of aliphatic imine (C=N–C) groups is 2. The molecule has 0 saturated carbocycles. The fourth-order valence-electron chi connectivity index (χ4n) is 3.85. The second-order valence-corrected chi connectivity index (χ2v) is 8.93. The first-order chi connectivity index (χ1) is 17.1. The molecular formula is C26H25BrCl2N6O2. The summed E-state index contributed by atoms with van der Waals surface area (Å²) >= 11 is 3.43. The van der Waals surface area contributed by atoms with Crippen LogP contribution in [0.2, 0.25) is 0 Å². The van der Waals surface area contributed by atoms with Crippen LogP contribution in [0.15, 0.2) is 81.2 Å². The summed E-state index contributed by atoms with van der Waals surface area (Å²) in [6, 6.07) is 19.9. The summed E-state index contributed by atoms with van der Waals surface area (Å²) < 4.78 is 0.532. The lowest BCUT2D eigenvalue weighted by Gasteiger charge is -2.10. The number of carbonyl (C=O) groups is 2. The Morgan fingerprint density at radius 3 is 1.62 bits per heavy atom. The Morgan fingerprint density at radius 1 is 0.703 bits per heavy atom. The van der Waals surface area contributed by atoms with Crippen molar-refractivity contribution in [1.82, 2.24) is 10.6 Å². The highest BCUT2D eigenvalue weighted by molar-refractivity contribution is 9.10. The number of rotatable bonds is 6. The summed E-state index contributed by atoms with van der Waals surface area (Å²) in [5, 5.41) is 12.2. The number of nitrogens with one attached hydrogen (secondary N) is 4. The third kappa shape index (κ3) is 6.68. The van der Waals surface area contributed by atoms with E-state index in [9.17, 15) is 9.59 Å². The zero-order valence-electron chi connectivity index (χ0n) is 19.6. The van der Waals surface area contributed by atoms with Gasteiger partial charge in [0.15, 0.2) is 0 Å². The fourth-order valence-corrected chi connectivity index (χ4v) is 4.41. The van der Waals surface area contributed by atoms with Crippen LogP contribution < -0.4 is 21.3 Å². The zero-order chi connectivity index (χ0) is 24.2. The molecule has 2 amide bonds. The molecule has 0 spiro atoms. The topological polar surface area (TPSA) is 107 Å². The van der Waals surface area contributed by atoms with Crippen molar-refractivity contribution in [2.75, 3.05) is 36.8 Å². The maximum absolute atomic E-state index is 12.8. The lowest BCUT2D eigenvalue weighted by atomic mass is 10.1. The molecular weight excluding hydrogens is 579 g/mol. The van der Waals surface area contributed by atoms with E-state index < -0.39 is 0 Å². The van der Waals surface area contributed by atoms with E-state index >= 15 is 0 Å². The van der Waals surface area contributed by atoms with Crippen LogP contribution in [0.25, 0.3) is 0 Å². The van der Waals surface area contributed by atoms with Gasteiger partial charge in [0.25, 0.3) is 11.8 Å². The van der Waals surface area contributed by atoms with Crippen molar-refractivity contribution < 1.29 is 9.59 Å². The highest BCUT2D eigenvalue weighted by Gasteiger charge is 2.15. The van der Waals surface area contributed by atoms with Gasteiger partial charge in [-0.2, -0.15) is 0 Å². The maximum Gasteiger partial charge on any atom is 0.256 e. The van der Waals surface area contributed by atoms with E-state index in [0.29, 0.717) is 27.0 Å². The summed E-state index contributed by atoms with van der Waals surface area (Å²) in [5.74, 6) is 1.21. The number of hydrogen-bond donors (Lipinski definition) is 4. The average molecular weight is 604 g/mol. The number of nitrogens with zero attached hydrogens (tertiary/aromatic N) is 2. The molecule has 4 N–H and O–H groups in total. The van der Waals surface area contributed by atoms with Crippen molar-refractivity contribution in [3.05, 3.63) is 93.5 Å². The summed E-state index contributed by atoms with van der Waals surface area (Å²) in [6.07, 6.45) is 0. The first-order valence-corrected chi connectivity index (χ1v) is 12.1. The van der Waals surface area contributed by atoms with E-state index in [-0.39, 0.29) is 36.6 Å². The Hall–Kier alpha value is -3.40. The SMILES string of the molecule is Cl.Cl.O=C(Nc1ccc(C2=NCCN2)cc1)c1ccc(C(=O)Nc2ccc(C3=NCCN3)cc2)c(Br)c1. The van der Waals surface area contributed by atoms with Crippen molar-refractivity contribution in [2.24, 2.45) is 9.98 Å². The number of amides is 2. The van der Waals surface area contributed by atoms with Gasteiger partial charge in [-0.15, -0.1) is 24.8 Å². The van der Waals surface area contributed by atoms with Crippen molar-refractivity contribution in [3.8, 4) is 0 Å². The van der Waals surface area contributed by atoms with Crippen LogP contribution in [0.3, 0.4) is 0 Å². The monoisotopic (exact) mass is 602 g/mol. The van der Waals surface area contributed by atoms with E-state index in [1.165, 1.54) is 0 Å². The Bertz CT molecular complexity index is 1340. The molecule has 0 unspecified atom stereocenters. The molecule has 0 bridgehead atoms. The van der Waals surface area contributed by atoms with Crippen LogP contribution in [0.1, 0.15) is 31.8 Å². The molecule has 2 aliphatic heterocycles. The summed E-state index contributed by atoms with van der Waals surface area (Å²) in [6.45, 7) is 3.24. The smallest absolute Gasteiger partial charge is 0.256 e. The number of halogens is 3. The highest BCUT2D eigenvalue weighted by atomic mass is 79.9. The van der Waals surface area contributed by atoms with Crippen molar-refractivity contribution in [3.63, 3.8) is 0 Å². The molecule has 0 atom stereocenters. The minimum atomic E-state index is -0.271. The fraction of sp³-hybridized carbons (Fsp3) is 0.154. The second kappa shape index (κ2) is 12.7. The van der Waals surface area contributed by atoms with Crippen molar-refractivity contribution >= 4 is 75.6 Å². The van der Waals surface area contributed by atoms with Gasteiger partial charge in [-0.3, -0.25) is 19.6 Å². The van der Waals surface area contributed by atoms with Crippen molar-refractivity contribution in [2.45, 2.75) is 0 Å². The van der Waals surface area contributed by atoms with Crippen LogP contribution >= 0.6 is 40.7 Å². The normalized spacial score (nSPS) is 13.6. The Morgan fingerprint density at radius 2 is 1.19 bits per heavy atom. The zero-order valence-corrected chi connectivity index (χ0v) is 22.8. The van der Waals surface area contributed by atoms with Gasteiger partial charge in [0, 0.05) is 45.6 Å². The van der Waals surface area contributed by atoms with Gasteiger partial charge in [0.2, 0.25) is 0 Å². The number of anilines is 2. The summed E-state index contributed by atoms with van der Waals surface area (Å²) in [4.78, 5) is 34.3. The molecule has 11 heteroatoms. The van der Waals surface area contributed by atoms with Crippen LogP contribution in [0.4, 0.5) is 11.4 Å². The molecule has 3 aromatic carbocycles. The van der Waals surface area contributed by atoms with Gasteiger partial charge >= 0.3 is 0 Å². The van der Waals surface area contributed by atoms with E-state index in [1.807, 2.05) is 48.5 Å². The standard InChI is InChI=1S/C26H23BrN6O2.2ClH/c27-22-15-18(25(34)32-19-6-1-16(2-7-19)23-28-11-12-29-23)5-10-21(22)26(35)33-20-8-3-17(4-9-20)24-30-13-14-31-24;;/h1-10,15H,11-14H2,(H,28,29)(H,30,31)(H,32,34)(H,33,35);2*1H. The van der Waals surface area contributed by atoms with Crippen LogP contribution in [0, 0.1) is 0 Å².